The molecule has 2 aromatic rings. The second kappa shape index (κ2) is 18.6. The van der Waals surface area contributed by atoms with Crippen molar-refractivity contribution >= 4 is 23.9 Å². The molecule has 266 valence electrons. The molecule has 0 heterocycles. The summed E-state index contributed by atoms with van der Waals surface area (Å²) in [5.74, 6) is -1.77. The molecular formula is C39H59N3O6. The zero-order valence-corrected chi connectivity index (χ0v) is 30.9. The standard InChI is InChI=1S/C39H59N3O6/c1-11-12-13-14-18-25-42(35(44)32(27(2)3)41-37(46)48-39(8,9)10)33(30-23-21-28(4)22-24-30)34(43)40-31(36(45)47-38(5,6)7)26-29-19-16-15-17-20-29/h15-17,19-24,27,31-33H,11-14,18,25-26H2,1-10H3,(H,40,43)(H,41,46). The average Bonchev–Trinajstić information content (AvgIpc) is 2.98. The van der Waals surface area contributed by atoms with Crippen LogP contribution in [0.15, 0.2) is 54.6 Å². The molecule has 0 radical (unpaired) electrons. The predicted molar refractivity (Wildman–Crippen MR) is 190 cm³/mol. The van der Waals surface area contributed by atoms with E-state index in [0.29, 0.717) is 12.0 Å². The number of carbonyl (C=O) groups excluding carboxylic acids is 4. The first-order valence-electron chi connectivity index (χ1n) is 17.4. The third-order valence-electron chi connectivity index (χ3n) is 7.63. The number of nitrogens with one attached hydrogen (secondary N) is 2. The molecule has 3 atom stereocenters. The summed E-state index contributed by atoms with van der Waals surface area (Å²) >= 11 is 0. The van der Waals surface area contributed by atoms with E-state index in [9.17, 15) is 19.2 Å². The number of hydrogen-bond donors (Lipinski definition) is 2. The molecule has 0 aliphatic rings. The van der Waals surface area contributed by atoms with Crippen molar-refractivity contribution in [1.29, 1.82) is 0 Å². The maximum absolute atomic E-state index is 14.6. The monoisotopic (exact) mass is 665 g/mol. The number of benzene rings is 2. The molecule has 2 aromatic carbocycles. The van der Waals surface area contributed by atoms with Gasteiger partial charge in [-0.2, -0.15) is 0 Å². The van der Waals surface area contributed by atoms with Crippen molar-refractivity contribution in [2.75, 3.05) is 6.54 Å². The van der Waals surface area contributed by atoms with Gasteiger partial charge < -0.3 is 25.0 Å². The van der Waals surface area contributed by atoms with Crippen LogP contribution in [0.3, 0.4) is 0 Å². The minimum absolute atomic E-state index is 0.210. The Morgan fingerprint density at radius 2 is 1.35 bits per heavy atom. The Hall–Kier alpha value is -3.88. The van der Waals surface area contributed by atoms with Crippen molar-refractivity contribution in [1.82, 2.24) is 15.5 Å². The quantitative estimate of drug-likeness (QED) is 0.142. The lowest BCUT2D eigenvalue weighted by atomic mass is 9.97. The van der Waals surface area contributed by atoms with Gasteiger partial charge in [-0.15, -0.1) is 0 Å². The van der Waals surface area contributed by atoms with Crippen LogP contribution in [0.25, 0.3) is 0 Å². The third-order valence-corrected chi connectivity index (χ3v) is 7.63. The maximum Gasteiger partial charge on any atom is 0.408 e. The van der Waals surface area contributed by atoms with Crippen LogP contribution in [0.4, 0.5) is 4.79 Å². The first-order chi connectivity index (χ1) is 22.4. The third kappa shape index (κ3) is 14.1. The molecule has 0 saturated carbocycles. The van der Waals surface area contributed by atoms with Crippen LogP contribution in [-0.2, 0) is 30.3 Å². The lowest BCUT2D eigenvalue weighted by Gasteiger charge is -2.36. The molecule has 9 nitrogen and oxygen atoms in total. The lowest BCUT2D eigenvalue weighted by Crippen LogP contribution is -2.56. The van der Waals surface area contributed by atoms with Gasteiger partial charge in [0, 0.05) is 13.0 Å². The molecule has 2 rings (SSSR count). The maximum atomic E-state index is 14.6. The highest BCUT2D eigenvalue weighted by Gasteiger charge is 2.39. The number of ether oxygens (including phenoxy) is 2. The average molecular weight is 666 g/mol. The molecule has 0 bridgehead atoms. The van der Waals surface area contributed by atoms with Crippen LogP contribution in [0, 0.1) is 12.8 Å². The van der Waals surface area contributed by atoms with Crippen molar-refractivity contribution < 1.29 is 28.7 Å². The second-order valence-electron chi connectivity index (χ2n) is 14.9. The van der Waals surface area contributed by atoms with Crippen molar-refractivity contribution in [3.63, 3.8) is 0 Å². The van der Waals surface area contributed by atoms with E-state index in [0.717, 1.165) is 36.8 Å². The van der Waals surface area contributed by atoms with Gasteiger partial charge in [0.2, 0.25) is 11.8 Å². The summed E-state index contributed by atoms with van der Waals surface area (Å²) in [6.45, 7) is 18.7. The summed E-state index contributed by atoms with van der Waals surface area (Å²) < 4.78 is 11.2. The topological polar surface area (TPSA) is 114 Å². The molecule has 0 aliphatic heterocycles. The van der Waals surface area contributed by atoms with E-state index < -0.39 is 53.2 Å². The summed E-state index contributed by atoms with van der Waals surface area (Å²) in [5, 5.41) is 5.75. The molecule has 2 N–H and O–H groups in total. The van der Waals surface area contributed by atoms with Crippen molar-refractivity contribution in [2.24, 2.45) is 5.92 Å². The molecule has 3 amide bonds. The summed E-state index contributed by atoms with van der Waals surface area (Å²) in [5.41, 5.74) is 0.921. The fourth-order valence-corrected chi connectivity index (χ4v) is 5.27. The van der Waals surface area contributed by atoms with Gasteiger partial charge >= 0.3 is 12.1 Å². The second-order valence-corrected chi connectivity index (χ2v) is 14.9. The molecule has 0 spiro atoms. The number of carbonyl (C=O) groups is 4. The largest absolute Gasteiger partial charge is 0.458 e. The lowest BCUT2D eigenvalue weighted by molar-refractivity contribution is -0.159. The Balaban J connectivity index is 2.60. The molecule has 3 unspecified atom stereocenters. The van der Waals surface area contributed by atoms with E-state index in [1.54, 1.807) is 46.4 Å². The summed E-state index contributed by atoms with van der Waals surface area (Å²) in [7, 11) is 0. The van der Waals surface area contributed by atoms with Gasteiger partial charge in [-0.05, 0) is 71.9 Å². The normalized spacial score (nSPS) is 13.6. The molecule has 0 fully saturated rings. The highest BCUT2D eigenvalue weighted by Crippen LogP contribution is 2.26. The number of aryl methyl sites for hydroxylation is 1. The SMILES string of the molecule is CCCCCCCN(C(=O)C(NC(=O)OC(C)(C)C)C(C)C)C(C(=O)NC(Cc1ccccc1)C(=O)OC(C)(C)C)c1ccc(C)cc1. The summed E-state index contributed by atoms with van der Waals surface area (Å²) in [4.78, 5) is 57.1. The minimum atomic E-state index is -1.08. The number of nitrogens with zero attached hydrogens (tertiary/aromatic N) is 1. The predicted octanol–water partition coefficient (Wildman–Crippen LogP) is 7.45. The van der Waals surface area contributed by atoms with E-state index >= 15 is 0 Å². The highest BCUT2D eigenvalue weighted by atomic mass is 16.6. The van der Waals surface area contributed by atoms with Crippen molar-refractivity contribution in [3.05, 3.63) is 71.3 Å². The van der Waals surface area contributed by atoms with Crippen LogP contribution < -0.4 is 10.6 Å². The molecule has 0 aromatic heterocycles. The van der Waals surface area contributed by atoms with Gasteiger partial charge in [-0.3, -0.25) is 9.59 Å². The molecule has 0 saturated heterocycles. The molecular weight excluding hydrogens is 606 g/mol. The highest BCUT2D eigenvalue weighted by molar-refractivity contribution is 5.94. The first kappa shape index (κ1) is 40.3. The van der Waals surface area contributed by atoms with Crippen LogP contribution in [0.1, 0.15) is 117 Å². The molecule has 9 heteroatoms. The number of hydrogen-bond acceptors (Lipinski definition) is 6. The molecule has 48 heavy (non-hydrogen) atoms. The Morgan fingerprint density at radius 1 is 0.771 bits per heavy atom. The van der Waals surface area contributed by atoms with Gasteiger partial charge in [0.1, 0.15) is 29.3 Å². The minimum Gasteiger partial charge on any atom is -0.458 e. The van der Waals surface area contributed by atoms with Crippen LogP contribution in [0.2, 0.25) is 0 Å². The fraction of sp³-hybridized carbons (Fsp3) is 0.590. The number of alkyl carbamates (subject to hydrolysis) is 1. The van der Waals surface area contributed by atoms with Crippen LogP contribution >= 0.6 is 0 Å². The Kier molecular flexibility index (Phi) is 15.6. The summed E-state index contributed by atoms with van der Waals surface area (Å²) in [6, 6.07) is 13.8. The molecule has 0 aliphatic carbocycles. The Morgan fingerprint density at radius 3 is 1.90 bits per heavy atom. The van der Waals surface area contributed by atoms with E-state index in [1.807, 2.05) is 75.4 Å². The number of amides is 3. The summed E-state index contributed by atoms with van der Waals surface area (Å²) in [6.07, 6.45) is 4.19. The van der Waals surface area contributed by atoms with Gasteiger partial charge in [-0.25, -0.2) is 9.59 Å². The smallest absolute Gasteiger partial charge is 0.408 e. The Bertz CT molecular complexity index is 1310. The van der Waals surface area contributed by atoms with Crippen LogP contribution in [-0.4, -0.2) is 58.6 Å². The number of unbranched alkanes of at least 4 members (excludes halogenated alkanes) is 4. The van der Waals surface area contributed by atoms with E-state index in [4.69, 9.17) is 9.47 Å². The Labute approximate surface area is 288 Å². The van der Waals surface area contributed by atoms with E-state index in [2.05, 4.69) is 17.6 Å². The van der Waals surface area contributed by atoms with E-state index in [1.165, 1.54) is 0 Å². The zero-order valence-electron chi connectivity index (χ0n) is 30.9. The zero-order chi connectivity index (χ0) is 36.1. The van der Waals surface area contributed by atoms with Crippen molar-refractivity contribution in [2.45, 2.75) is 137 Å². The van der Waals surface area contributed by atoms with Gasteiger partial charge in [0.05, 0.1) is 0 Å². The van der Waals surface area contributed by atoms with Gasteiger partial charge in [0.25, 0.3) is 0 Å². The van der Waals surface area contributed by atoms with Gasteiger partial charge in [-0.1, -0.05) is 107 Å². The fourth-order valence-electron chi connectivity index (χ4n) is 5.27. The first-order valence-corrected chi connectivity index (χ1v) is 17.4. The number of esters is 1. The van der Waals surface area contributed by atoms with Crippen LogP contribution in [0.5, 0.6) is 0 Å². The van der Waals surface area contributed by atoms with Gasteiger partial charge in [0.15, 0.2) is 0 Å². The van der Waals surface area contributed by atoms with E-state index in [-0.39, 0.29) is 18.9 Å². The van der Waals surface area contributed by atoms with Crippen molar-refractivity contribution in [3.8, 4) is 0 Å². The number of rotatable bonds is 16.